The fraction of sp³-hybridized carbons (Fsp3) is 0.274. The summed E-state index contributed by atoms with van der Waals surface area (Å²) in [6.45, 7) is 8.78. The summed E-state index contributed by atoms with van der Waals surface area (Å²) in [4.78, 5) is 71.7. The van der Waals surface area contributed by atoms with E-state index >= 15 is 0 Å². The van der Waals surface area contributed by atoms with Crippen molar-refractivity contribution in [2.24, 2.45) is 11.8 Å². The Hall–Kier alpha value is -7.15. The normalized spacial score (nSPS) is 19.2. The highest BCUT2D eigenvalue weighted by molar-refractivity contribution is 8.00. The average Bonchev–Trinajstić information content (AvgIpc) is 3.43. The van der Waals surface area contributed by atoms with Crippen LogP contribution in [0.5, 0.6) is 0 Å². The fourth-order valence-electron chi connectivity index (χ4n) is 9.24. The molecule has 6 aromatic carbocycles. The molecule has 1 heterocycles. The predicted molar refractivity (Wildman–Crippen MR) is 299 cm³/mol. The third-order valence-corrected chi connectivity index (χ3v) is 16.3. The van der Waals surface area contributed by atoms with E-state index in [2.05, 4.69) is 94.1 Å². The van der Waals surface area contributed by atoms with Gasteiger partial charge in [-0.3, -0.25) is 19.2 Å². The third kappa shape index (κ3) is 13.1. The lowest BCUT2D eigenvalue weighted by Crippen LogP contribution is -2.57. The van der Waals surface area contributed by atoms with Crippen molar-refractivity contribution in [2.45, 2.75) is 81.2 Å². The van der Waals surface area contributed by atoms with E-state index < -0.39 is 75.2 Å². The second-order valence-electron chi connectivity index (χ2n) is 18.9. The zero-order chi connectivity index (χ0) is 52.5. The SMILES string of the molecule is C/C=C1/NC(=O)[C@@H](CSC(c2ccccc2)(c2ccccc2)c2ccccc2)NC(=O)[C@@H](C(C)C)NC(=O)C[C@@H](/C=C/CCSC(c2ccccc2)(c2ccccc2)c2ccccc2)OC(=O)[C@H](C(C)C)NC1=O. The molecule has 6 aromatic rings. The van der Waals surface area contributed by atoms with Crippen molar-refractivity contribution in [3.05, 3.63) is 239 Å². The number of ether oxygens (including phenoxy) is 1. The molecule has 0 bridgehead atoms. The summed E-state index contributed by atoms with van der Waals surface area (Å²) < 4.78 is 4.69. The number of thioether (sulfide) groups is 2. The van der Waals surface area contributed by atoms with E-state index in [1.165, 1.54) is 17.8 Å². The van der Waals surface area contributed by atoms with Gasteiger partial charge in [-0.2, -0.15) is 0 Å². The van der Waals surface area contributed by atoms with E-state index in [-0.39, 0.29) is 17.9 Å². The predicted octanol–water partition coefficient (Wildman–Crippen LogP) is 10.5. The highest BCUT2D eigenvalue weighted by atomic mass is 32.2. The van der Waals surface area contributed by atoms with Crippen LogP contribution in [0.2, 0.25) is 0 Å². The molecule has 4 atom stereocenters. The number of cyclic esters (lactones) is 1. The van der Waals surface area contributed by atoms with E-state index in [0.29, 0.717) is 12.2 Å². The number of rotatable bonds is 16. The molecule has 7 rings (SSSR count). The van der Waals surface area contributed by atoms with Gasteiger partial charge in [-0.25, -0.2) is 4.79 Å². The molecule has 1 aliphatic rings. The fourth-order valence-corrected chi connectivity index (χ4v) is 12.3. The molecular formula is C62H66N4O6S2. The lowest BCUT2D eigenvalue weighted by atomic mass is 9.84. The van der Waals surface area contributed by atoms with E-state index in [9.17, 15) is 24.0 Å². The molecule has 10 nitrogen and oxygen atoms in total. The number of carbonyl (C=O) groups excluding carboxylic acids is 5. The van der Waals surface area contributed by atoms with E-state index in [1.54, 1.807) is 38.6 Å². The van der Waals surface area contributed by atoms with Gasteiger partial charge in [0, 0.05) is 5.75 Å². The number of carbonyl (C=O) groups is 5. The topological polar surface area (TPSA) is 143 Å². The van der Waals surface area contributed by atoms with Crippen LogP contribution in [0.25, 0.3) is 0 Å². The Morgan fingerprint density at radius 1 is 0.541 bits per heavy atom. The maximum absolute atomic E-state index is 14.6. The van der Waals surface area contributed by atoms with Crippen LogP contribution in [-0.4, -0.2) is 65.3 Å². The first kappa shape index (κ1) is 54.6. The molecule has 1 saturated heterocycles. The van der Waals surface area contributed by atoms with Crippen molar-refractivity contribution in [3.8, 4) is 0 Å². The lowest BCUT2D eigenvalue weighted by Gasteiger charge is -2.36. The Morgan fingerprint density at radius 3 is 1.34 bits per heavy atom. The molecule has 382 valence electrons. The van der Waals surface area contributed by atoms with Gasteiger partial charge in [0.05, 0.1) is 15.9 Å². The Morgan fingerprint density at radius 2 is 0.946 bits per heavy atom. The van der Waals surface area contributed by atoms with Crippen molar-refractivity contribution < 1.29 is 28.7 Å². The number of benzene rings is 6. The van der Waals surface area contributed by atoms with Crippen LogP contribution < -0.4 is 21.3 Å². The number of hydrogen-bond acceptors (Lipinski definition) is 8. The van der Waals surface area contributed by atoms with Crippen molar-refractivity contribution in [1.29, 1.82) is 0 Å². The number of allylic oxidation sites excluding steroid dienone is 2. The molecule has 0 spiro atoms. The van der Waals surface area contributed by atoms with Gasteiger partial charge in [0.15, 0.2) is 0 Å². The Labute approximate surface area is 444 Å². The first-order valence-electron chi connectivity index (χ1n) is 25.2. The van der Waals surface area contributed by atoms with Gasteiger partial charge in [-0.05, 0) is 70.4 Å². The monoisotopic (exact) mass is 1030 g/mol. The summed E-state index contributed by atoms with van der Waals surface area (Å²) in [7, 11) is 0. The van der Waals surface area contributed by atoms with Crippen molar-refractivity contribution in [2.75, 3.05) is 11.5 Å². The Bertz CT molecular complexity index is 2660. The van der Waals surface area contributed by atoms with Gasteiger partial charge in [-0.15, -0.1) is 23.5 Å². The van der Waals surface area contributed by atoms with Crippen molar-refractivity contribution in [1.82, 2.24) is 21.3 Å². The molecule has 1 aliphatic heterocycles. The summed E-state index contributed by atoms with van der Waals surface area (Å²) in [6.07, 6.45) is 4.27. The van der Waals surface area contributed by atoms with Gasteiger partial charge in [-0.1, -0.05) is 222 Å². The van der Waals surface area contributed by atoms with Gasteiger partial charge in [0.2, 0.25) is 17.7 Å². The first-order valence-corrected chi connectivity index (χ1v) is 27.2. The molecular weight excluding hydrogens is 961 g/mol. The number of hydrogen-bond donors (Lipinski definition) is 4. The Kier molecular flexibility index (Phi) is 19.3. The van der Waals surface area contributed by atoms with Crippen LogP contribution in [0.4, 0.5) is 0 Å². The first-order chi connectivity index (χ1) is 35.9. The number of nitrogens with one attached hydrogen (secondary N) is 4. The number of amides is 4. The van der Waals surface area contributed by atoms with Crippen LogP contribution in [0.1, 0.15) is 80.8 Å². The van der Waals surface area contributed by atoms with Crippen LogP contribution in [0, 0.1) is 11.8 Å². The maximum Gasteiger partial charge on any atom is 0.329 e. The summed E-state index contributed by atoms with van der Waals surface area (Å²) >= 11 is 3.26. The molecule has 74 heavy (non-hydrogen) atoms. The molecule has 0 unspecified atom stereocenters. The summed E-state index contributed by atoms with van der Waals surface area (Å²) in [6, 6.07) is 57.7. The zero-order valence-corrected chi connectivity index (χ0v) is 44.2. The smallest absolute Gasteiger partial charge is 0.329 e. The second kappa shape index (κ2) is 26.2. The summed E-state index contributed by atoms with van der Waals surface area (Å²) in [5, 5.41) is 11.5. The van der Waals surface area contributed by atoms with Gasteiger partial charge >= 0.3 is 5.97 Å². The molecule has 0 aliphatic carbocycles. The van der Waals surface area contributed by atoms with Crippen LogP contribution in [-0.2, 0) is 38.2 Å². The minimum atomic E-state index is -1.21. The Balaban J connectivity index is 1.18. The minimum absolute atomic E-state index is 0.0445. The minimum Gasteiger partial charge on any atom is -0.456 e. The van der Waals surface area contributed by atoms with E-state index in [4.69, 9.17) is 4.74 Å². The van der Waals surface area contributed by atoms with Gasteiger partial charge < -0.3 is 26.0 Å². The van der Waals surface area contributed by atoms with Crippen LogP contribution in [0.15, 0.2) is 206 Å². The molecule has 1 fully saturated rings. The average molecular weight is 1030 g/mol. The summed E-state index contributed by atoms with van der Waals surface area (Å²) in [5.41, 5.74) is 6.15. The van der Waals surface area contributed by atoms with Gasteiger partial charge in [0.25, 0.3) is 5.91 Å². The highest BCUT2D eigenvalue weighted by Crippen LogP contribution is 2.50. The molecule has 0 aromatic heterocycles. The molecule has 0 radical (unpaired) electrons. The quantitative estimate of drug-likeness (QED) is 0.0247. The standard InChI is InChI=1S/C62H66N4O6S2/c1-6-52-57(68)66-56(44(4)5)60(71)72-51(39-25-26-40-73-61(45-27-13-7-14-28-45,46-29-15-8-16-30-46)47-31-17-9-18-32-47)41-54(67)65-55(43(2)3)59(70)64-53(58(69)63-52)42-74-62(48-33-19-10-20-34-48,49-35-21-11-22-36-49)50-37-23-12-24-38-50/h6-25,27-39,43-44,51,53,55-56H,26,40-42H2,1-5H3,(H,63,69)(H,64,70)(H,65,67)(H,66,68)/b39-25+,52-6+/t51-,53-,55-,56+/m1/s1. The van der Waals surface area contributed by atoms with Crippen LogP contribution in [0.3, 0.4) is 0 Å². The zero-order valence-electron chi connectivity index (χ0n) is 42.6. The van der Waals surface area contributed by atoms with E-state index in [0.717, 1.165) is 33.4 Å². The second-order valence-corrected chi connectivity index (χ2v) is 21.4. The van der Waals surface area contributed by atoms with Crippen molar-refractivity contribution >= 4 is 53.1 Å². The lowest BCUT2D eigenvalue weighted by molar-refractivity contribution is -0.153. The number of esters is 1. The molecule has 4 N–H and O–H groups in total. The third-order valence-electron chi connectivity index (χ3n) is 13.1. The van der Waals surface area contributed by atoms with E-state index in [1.807, 2.05) is 129 Å². The molecule has 4 amide bonds. The molecule has 12 heteroatoms. The van der Waals surface area contributed by atoms with Crippen molar-refractivity contribution in [3.63, 3.8) is 0 Å². The highest BCUT2D eigenvalue weighted by Gasteiger charge is 2.41. The summed E-state index contributed by atoms with van der Waals surface area (Å²) in [5.74, 6) is -3.39. The maximum atomic E-state index is 14.6. The largest absolute Gasteiger partial charge is 0.456 e. The van der Waals surface area contributed by atoms with Gasteiger partial charge in [0.1, 0.15) is 29.9 Å². The van der Waals surface area contributed by atoms with Crippen LogP contribution >= 0.6 is 23.5 Å². The molecule has 0 saturated carbocycles.